The summed E-state index contributed by atoms with van der Waals surface area (Å²) in [6, 6.07) is -0.229. The predicted octanol–water partition coefficient (Wildman–Crippen LogP) is 2.18. The first kappa shape index (κ1) is 15.8. The Morgan fingerprint density at radius 3 is 2.45 bits per heavy atom. The van der Waals surface area contributed by atoms with Crippen LogP contribution in [0.25, 0.3) is 0 Å². The van der Waals surface area contributed by atoms with Crippen LogP contribution in [-0.4, -0.2) is 46.3 Å². The minimum absolute atomic E-state index is 0.00647. The third kappa shape index (κ3) is 2.89. The van der Waals surface area contributed by atoms with Gasteiger partial charge in [0, 0.05) is 17.3 Å². The highest BCUT2D eigenvalue weighted by Gasteiger charge is 2.43. The highest BCUT2D eigenvalue weighted by molar-refractivity contribution is 8.00. The zero-order chi connectivity index (χ0) is 14.8. The van der Waals surface area contributed by atoms with E-state index in [0.717, 1.165) is 19.4 Å². The van der Waals surface area contributed by atoms with Gasteiger partial charge in [0.15, 0.2) is 0 Å². The molecule has 0 aromatic rings. The lowest BCUT2D eigenvalue weighted by Crippen LogP contribution is -2.49. The quantitative estimate of drug-likeness (QED) is 0.732. The molecule has 2 rings (SSSR count). The Labute approximate surface area is 126 Å². The molecule has 1 unspecified atom stereocenters. The lowest BCUT2D eigenvalue weighted by Gasteiger charge is -2.41. The standard InChI is InChI=1S/C15H26N2O2S/c1-4-11(5-2)17-13(18)9-12(14(17)19)16-10-15(20-3)7-6-8-15/h11-12,16H,4-10H2,1-3H3. The van der Waals surface area contributed by atoms with Crippen LogP contribution in [0.4, 0.5) is 0 Å². The molecular weight excluding hydrogens is 272 g/mol. The van der Waals surface area contributed by atoms with Gasteiger partial charge in [0.1, 0.15) is 0 Å². The van der Waals surface area contributed by atoms with E-state index in [4.69, 9.17) is 0 Å². The molecular formula is C15H26N2O2S. The van der Waals surface area contributed by atoms with Crippen molar-refractivity contribution < 1.29 is 9.59 Å². The monoisotopic (exact) mass is 298 g/mol. The summed E-state index contributed by atoms with van der Waals surface area (Å²) in [4.78, 5) is 26.0. The number of nitrogens with zero attached hydrogens (tertiary/aromatic N) is 1. The Morgan fingerprint density at radius 2 is 2.00 bits per heavy atom. The number of carbonyl (C=O) groups is 2. The molecule has 0 aromatic carbocycles. The van der Waals surface area contributed by atoms with Crippen molar-refractivity contribution in [2.45, 2.75) is 69.2 Å². The van der Waals surface area contributed by atoms with Crippen molar-refractivity contribution in [3.8, 4) is 0 Å². The van der Waals surface area contributed by atoms with Crippen LogP contribution in [0.15, 0.2) is 0 Å². The first-order valence-electron chi connectivity index (χ1n) is 7.71. The molecule has 1 atom stereocenters. The zero-order valence-electron chi connectivity index (χ0n) is 12.8. The first-order valence-corrected chi connectivity index (χ1v) is 8.93. The number of imide groups is 1. The summed E-state index contributed by atoms with van der Waals surface area (Å²) in [5, 5.41) is 3.36. The Hall–Kier alpha value is -0.550. The summed E-state index contributed by atoms with van der Waals surface area (Å²) in [5.41, 5.74) is 0. The van der Waals surface area contributed by atoms with E-state index in [9.17, 15) is 9.59 Å². The average molecular weight is 298 g/mol. The minimum Gasteiger partial charge on any atom is -0.304 e. The van der Waals surface area contributed by atoms with E-state index in [1.807, 2.05) is 25.6 Å². The fourth-order valence-electron chi connectivity index (χ4n) is 3.18. The van der Waals surface area contributed by atoms with E-state index < -0.39 is 0 Å². The Morgan fingerprint density at radius 1 is 1.35 bits per heavy atom. The number of nitrogens with one attached hydrogen (secondary N) is 1. The van der Waals surface area contributed by atoms with Gasteiger partial charge in [-0.3, -0.25) is 14.5 Å². The van der Waals surface area contributed by atoms with Crippen molar-refractivity contribution in [2.24, 2.45) is 0 Å². The molecule has 0 spiro atoms. The van der Waals surface area contributed by atoms with E-state index in [1.54, 1.807) is 0 Å². The molecule has 1 saturated heterocycles. The maximum absolute atomic E-state index is 12.4. The molecule has 114 valence electrons. The number of likely N-dealkylation sites (tertiary alicyclic amines) is 1. The van der Waals surface area contributed by atoms with E-state index in [2.05, 4.69) is 11.6 Å². The van der Waals surface area contributed by atoms with Crippen molar-refractivity contribution in [3.63, 3.8) is 0 Å². The molecule has 1 N–H and O–H groups in total. The largest absolute Gasteiger partial charge is 0.304 e. The van der Waals surface area contributed by atoms with Crippen LogP contribution in [0.1, 0.15) is 52.4 Å². The fourth-order valence-corrected chi connectivity index (χ4v) is 4.11. The maximum Gasteiger partial charge on any atom is 0.247 e. The van der Waals surface area contributed by atoms with Gasteiger partial charge in [0.05, 0.1) is 12.5 Å². The molecule has 2 aliphatic rings. The van der Waals surface area contributed by atoms with Gasteiger partial charge in [0.2, 0.25) is 11.8 Å². The summed E-state index contributed by atoms with van der Waals surface area (Å²) >= 11 is 1.89. The molecule has 0 bridgehead atoms. The van der Waals surface area contributed by atoms with Crippen molar-refractivity contribution in [2.75, 3.05) is 12.8 Å². The molecule has 5 heteroatoms. The highest BCUT2D eigenvalue weighted by Crippen LogP contribution is 2.42. The number of hydrogen-bond donors (Lipinski definition) is 1. The zero-order valence-corrected chi connectivity index (χ0v) is 13.6. The third-order valence-corrected chi connectivity index (χ3v) is 6.28. The molecule has 1 heterocycles. The average Bonchev–Trinajstić information content (AvgIpc) is 2.67. The molecule has 4 nitrogen and oxygen atoms in total. The van der Waals surface area contributed by atoms with Crippen LogP contribution in [-0.2, 0) is 9.59 Å². The van der Waals surface area contributed by atoms with Gasteiger partial charge in [-0.2, -0.15) is 11.8 Å². The predicted molar refractivity (Wildman–Crippen MR) is 82.7 cm³/mol. The molecule has 1 aliphatic carbocycles. The summed E-state index contributed by atoms with van der Waals surface area (Å²) in [6.45, 7) is 4.91. The normalized spacial score (nSPS) is 25.4. The van der Waals surface area contributed by atoms with Crippen molar-refractivity contribution in [3.05, 3.63) is 0 Å². The molecule has 1 saturated carbocycles. The number of amides is 2. The maximum atomic E-state index is 12.4. The number of thioether (sulfide) groups is 1. The summed E-state index contributed by atoms with van der Waals surface area (Å²) in [5.74, 6) is -0.0210. The van der Waals surface area contributed by atoms with Gasteiger partial charge in [-0.25, -0.2) is 0 Å². The second-order valence-electron chi connectivity index (χ2n) is 5.95. The fraction of sp³-hybridized carbons (Fsp3) is 0.867. The molecule has 0 radical (unpaired) electrons. The van der Waals surface area contributed by atoms with Gasteiger partial charge in [-0.15, -0.1) is 0 Å². The van der Waals surface area contributed by atoms with Crippen molar-refractivity contribution in [1.29, 1.82) is 0 Å². The first-order chi connectivity index (χ1) is 9.56. The molecule has 1 aliphatic heterocycles. The summed E-state index contributed by atoms with van der Waals surface area (Å²) in [7, 11) is 0. The van der Waals surface area contributed by atoms with Crippen LogP contribution in [0.5, 0.6) is 0 Å². The molecule has 0 aromatic heterocycles. The van der Waals surface area contributed by atoms with Gasteiger partial charge in [-0.1, -0.05) is 20.3 Å². The van der Waals surface area contributed by atoms with Crippen LogP contribution < -0.4 is 5.32 Å². The van der Waals surface area contributed by atoms with E-state index >= 15 is 0 Å². The van der Waals surface area contributed by atoms with Crippen LogP contribution >= 0.6 is 11.8 Å². The topological polar surface area (TPSA) is 49.4 Å². The number of carbonyl (C=O) groups excluding carboxylic acids is 2. The Balaban J connectivity index is 1.94. The van der Waals surface area contributed by atoms with Gasteiger partial charge >= 0.3 is 0 Å². The second kappa shape index (κ2) is 6.48. The van der Waals surface area contributed by atoms with E-state index in [1.165, 1.54) is 24.2 Å². The summed E-state index contributed by atoms with van der Waals surface area (Å²) in [6.07, 6.45) is 7.86. The van der Waals surface area contributed by atoms with Crippen molar-refractivity contribution >= 4 is 23.6 Å². The third-order valence-electron chi connectivity index (χ3n) is 4.86. The van der Waals surface area contributed by atoms with Crippen molar-refractivity contribution in [1.82, 2.24) is 10.2 Å². The van der Waals surface area contributed by atoms with E-state index in [-0.39, 0.29) is 23.9 Å². The van der Waals surface area contributed by atoms with Crippen LogP contribution in [0, 0.1) is 0 Å². The van der Waals surface area contributed by atoms with Gasteiger partial charge in [-0.05, 0) is 31.9 Å². The second-order valence-corrected chi connectivity index (χ2v) is 7.22. The summed E-state index contributed by atoms with van der Waals surface area (Å²) < 4.78 is 0.297. The smallest absolute Gasteiger partial charge is 0.247 e. The SMILES string of the molecule is CCC(CC)N1C(=O)CC(NCC2(SC)CCC2)C1=O. The van der Waals surface area contributed by atoms with Crippen LogP contribution in [0.3, 0.4) is 0 Å². The lowest BCUT2D eigenvalue weighted by atomic mass is 9.84. The highest BCUT2D eigenvalue weighted by atomic mass is 32.2. The molecule has 2 amide bonds. The van der Waals surface area contributed by atoms with Crippen LogP contribution in [0.2, 0.25) is 0 Å². The van der Waals surface area contributed by atoms with Gasteiger partial charge < -0.3 is 5.32 Å². The Kier molecular flexibility index (Phi) is 5.13. The molecule has 20 heavy (non-hydrogen) atoms. The Bertz CT molecular complexity index is 373. The number of hydrogen-bond acceptors (Lipinski definition) is 4. The molecule has 2 fully saturated rings. The van der Waals surface area contributed by atoms with Gasteiger partial charge in [0.25, 0.3) is 0 Å². The minimum atomic E-state index is -0.298. The van der Waals surface area contributed by atoms with E-state index in [0.29, 0.717) is 11.2 Å². The lowest BCUT2D eigenvalue weighted by molar-refractivity contribution is -0.141. The number of rotatable bonds is 7.